The van der Waals surface area contributed by atoms with Crippen LogP contribution < -0.4 is 5.32 Å². The molecule has 0 aliphatic heterocycles. The molecule has 13 heteroatoms. The predicted octanol–water partition coefficient (Wildman–Crippen LogP) is 3.86. The third-order valence-corrected chi connectivity index (χ3v) is 4.54. The molecular weight excluding hydrogens is 399 g/mol. The molecule has 0 bridgehead atoms. The zero-order chi connectivity index (χ0) is 19.2. The SMILES string of the molecule is Cn1c(C(F)(F)F)nc2cc(Cl)c(C(=O)Nc3ncc([N+](=O)[O-])s3)cc21. The summed E-state index contributed by atoms with van der Waals surface area (Å²) in [5, 5.41) is 12.5. The zero-order valence-electron chi connectivity index (χ0n) is 12.7. The maximum atomic E-state index is 12.9. The van der Waals surface area contributed by atoms with Gasteiger partial charge in [0.2, 0.25) is 5.82 Å². The highest BCUT2D eigenvalue weighted by Gasteiger charge is 2.37. The Morgan fingerprint density at radius 2 is 2.12 bits per heavy atom. The lowest BCUT2D eigenvalue weighted by atomic mass is 10.2. The summed E-state index contributed by atoms with van der Waals surface area (Å²) >= 11 is 6.61. The molecule has 1 aromatic carbocycles. The summed E-state index contributed by atoms with van der Waals surface area (Å²) in [5.74, 6) is -1.90. The van der Waals surface area contributed by atoms with Gasteiger partial charge in [-0.1, -0.05) is 11.6 Å². The van der Waals surface area contributed by atoms with E-state index in [1.165, 1.54) is 0 Å². The van der Waals surface area contributed by atoms with E-state index in [9.17, 15) is 28.1 Å². The van der Waals surface area contributed by atoms with Crippen LogP contribution in [-0.2, 0) is 13.2 Å². The molecule has 0 saturated carbocycles. The number of alkyl halides is 3. The lowest BCUT2D eigenvalue weighted by molar-refractivity contribution is -0.380. The zero-order valence-corrected chi connectivity index (χ0v) is 14.2. The first-order valence-electron chi connectivity index (χ1n) is 6.72. The first-order valence-corrected chi connectivity index (χ1v) is 7.92. The largest absolute Gasteiger partial charge is 0.449 e. The quantitative estimate of drug-likeness (QED) is 0.526. The number of nitrogens with zero attached hydrogens (tertiary/aromatic N) is 4. The number of thiazole rings is 1. The third-order valence-electron chi connectivity index (χ3n) is 3.36. The number of amides is 1. The number of fused-ring (bicyclic) bond motifs is 1. The number of hydrogen-bond acceptors (Lipinski definition) is 6. The molecule has 0 unspecified atom stereocenters. The predicted molar refractivity (Wildman–Crippen MR) is 87.4 cm³/mol. The van der Waals surface area contributed by atoms with Crippen molar-refractivity contribution in [2.45, 2.75) is 6.18 Å². The number of imidazole rings is 1. The number of rotatable bonds is 3. The molecule has 0 radical (unpaired) electrons. The number of nitro groups is 1. The lowest BCUT2D eigenvalue weighted by Crippen LogP contribution is -2.13. The maximum Gasteiger partial charge on any atom is 0.449 e. The number of carbonyl (C=O) groups is 1. The molecule has 136 valence electrons. The van der Waals surface area contributed by atoms with E-state index in [1.54, 1.807) is 0 Å². The highest BCUT2D eigenvalue weighted by Crippen LogP contribution is 2.33. The normalized spacial score (nSPS) is 11.7. The molecule has 3 aromatic rings. The van der Waals surface area contributed by atoms with Gasteiger partial charge in [-0.3, -0.25) is 20.2 Å². The fourth-order valence-corrected chi connectivity index (χ4v) is 3.08. The Morgan fingerprint density at radius 3 is 2.69 bits per heavy atom. The van der Waals surface area contributed by atoms with Gasteiger partial charge >= 0.3 is 11.2 Å². The van der Waals surface area contributed by atoms with Gasteiger partial charge in [0.1, 0.15) is 6.20 Å². The lowest BCUT2D eigenvalue weighted by Gasteiger charge is -2.07. The van der Waals surface area contributed by atoms with Crippen LogP contribution in [0.2, 0.25) is 5.02 Å². The van der Waals surface area contributed by atoms with E-state index < -0.39 is 22.8 Å². The molecule has 1 amide bonds. The number of hydrogen-bond donors (Lipinski definition) is 1. The molecule has 2 heterocycles. The van der Waals surface area contributed by atoms with Gasteiger partial charge in [-0.15, -0.1) is 0 Å². The van der Waals surface area contributed by atoms with Crippen molar-refractivity contribution in [1.29, 1.82) is 0 Å². The fourth-order valence-electron chi connectivity index (χ4n) is 2.21. The van der Waals surface area contributed by atoms with Crippen molar-refractivity contribution in [3.63, 3.8) is 0 Å². The molecule has 0 aliphatic rings. The smallest absolute Gasteiger partial charge is 0.323 e. The molecule has 0 aliphatic carbocycles. The van der Waals surface area contributed by atoms with Gasteiger partial charge in [0.25, 0.3) is 5.91 Å². The third kappa shape index (κ3) is 3.20. The van der Waals surface area contributed by atoms with Crippen LogP contribution in [0.4, 0.5) is 23.3 Å². The van der Waals surface area contributed by atoms with E-state index in [1.807, 2.05) is 0 Å². The van der Waals surface area contributed by atoms with E-state index in [4.69, 9.17) is 11.6 Å². The van der Waals surface area contributed by atoms with Crippen molar-refractivity contribution in [1.82, 2.24) is 14.5 Å². The summed E-state index contributed by atoms with van der Waals surface area (Å²) in [6.07, 6.45) is -3.69. The van der Waals surface area contributed by atoms with Crippen molar-refractivity contribution >= 4 is 50.0 Å². The number of nitrogens with one attached hydrogen (secondary N) is 1. The van der Waals surface area contributed by atoms with E-state index in [0.717, 1.165) is 29.9 Å². The average molecular weight is 406 g/mol. The summed E-state index contributed by atoms with van der Waals surface area (Å²) in [6.45, 7) is 0. The number of anilines is 1. The minimum atomic E-state index is -4.66. The number of benzene rings is 1. The second-order valence-corrected chi connectivity index (χ2v) is 6.44. The van der Waals surface area contributed by atoms with Crippen LogP contribution in [0.1, 0.15) is 16.2 Å². The Bertz CT molecular complexity index is 1050. The second kappa shape index (κ2) is 6.21. The molecule has 0 fully saturated rings. The monoisotopic (exact) mass is 405 g/mol. The summed E-state index contributed by atoms with van der Waals surface area (Å²) in [5.41, 5.74) is -0.0861. The van der Waals surface area contributed by atoms with Crippen LogP contribution in [0.3, 0.4) is 0 Å². The Balaban J connectivity index is 1.98. The summed E-state index contributed by atoms with van der Waals surface area (Å²) in [6, 6.07) is 2.31. The standard InChI is InChI=1S/C13H7ClF3N5O3S/c1-21-8-2-5(6(14)3-7(8)19-11(21)13(15,16)17)10(23)20-12-18-4-9(26-12)22(24)25/h2-4H,1H3,(H,18,20,23). The Morgan fingerprint density at radius 1 is 1.42 bits per heavy atom. The van der Waals surface area contributed by atoms with E-state index in [-0.39, 0.29) is 31.8 Å². The highest BCUT2D eigenvalue weighted by molar-refractivity contribution is 7.18. The number of halogens is 4. The molecule has 1 N–H and O–H groups in total. The van der Waals surface area contributed by atoms with Crippen LogP contribution in [0.25, 0.3) is 11.0 Å². The van der Waals surface area contributed by atoms with Gasteiger partial charge in [0.15, 0.2) is 5.13 Å². The van der Waals surface area contributed by atoms with Crippen molar-refractivity contribution in [3.05, 3.63) is 44.9 Å². The van der Waals surface area contributed by atoms with Crippen molar-refractivity contribution in [2.24, 2.45) is 7.05 Å². The van der Waals surface area contributed by atoms with Crippen molar-refractivity contribution in [2.75, 3.05) is 5.32 Å². The second-order valence-electron chi connectivity index (χ2n) is 5.03. The van der Waals surface area contributed by atoms with E-state index in [0.29, 0.717) is 11.3 Å². The molecule has 2 aromatic heterocycles. The molecule has 0 saturated heterocycles. The fraction of sp³-hybridized carbons (Fsp3) is 0.154. The van der Waals surface area contributed by atoms with Crippen molar-refractivity contribution < 1.29 is 22.9 Å². The van der Waals surface area contributed by atoms with Gasteiger partial charge in [0, 0.05) is 7.05 Å². The van der Waals surface area contributed by atoms with Crippen LogP contribution in [0, 0.1) is 10.1 Å². The van der Waals surface area contributed by atoms with Gasteiger partial charge < -0.3 is 4.57 Å². The molecular formula is C13H7ClF3N5O3S. The van der Waals surface area contributed by atoms with E-state index >= 15 is 0 Å². The molecule has 8 nitrogen and oxygen atoms in total. The van der Waals surface area contributed by atoms with Crippen LogP contribution >= 0.6 is 22.9 Å². The summed E-state index contributed by atoms with van der Waals surface area (Å²) in [7, 11) is 1.16. The molecule has 26 heavy (non-hydrogen) atoms. The molecule has 0 atom stereocenters. The number of aromatic nitrogens is 3. The summed E-state index contributed by atoms with van der Waals surface area (Å²) in [4.78, 5) is 29.5. The van der Waals surface area contributed by atoms with Gasteiger partial charge in [0.05, 0.1) is 26.5 Å². The first kappa shape index (κ1) is 18.1. The number of carbonyl (C=O) groups excluding carboxylic acids is 1. The van der Waals surface area contributed by atoms with Crippen LogP contribution in [0.5, 0.6) is 0 Å². The average Bonchev–Trinajstić information content (AvgIpc) is 3.11. The summed E-state index contributed by atoms with van der Waals surface area (Å²) < 4.78 is 39.6. The van der Waals surface area contributed by atoms with Gasteiger partial charge in [-0.25, -0.2) is 9.97 Å². The topological polar surface area (TPSA) is 103 Å². The Hall–Kier alpha value is -2.73. The maximum absolute atomic E-state index is 12.9. The first-order chi connectivity index (χ1) is 12.1. The van der Waals surface area contributed by atoms with Crippen molar-refractivity contribution in [3.8, 4) is 0 Å². The molecule has 3 rings (SSSR count). The van der Waals surface area contributed by atoms with Gasteiger partial charge in [-0.2, -0.15) is 13.2 Å². The molecule has 0 spiro atoms. The highest BCUT2D eigenvalue weighted by atomic mass is 35.5. The van der Waals surface area contributed by atoms with Gasteiger partial charge in [-0.05, 0) is 23.5 Å². The minimum Gasteiger partial charge on any atom is -0.323 e. The Kier molecular flexibility index (Phi) is 4.32. The Labute approximate surface area is 151 Å². The van der Waals surface area contributed by atoms with Crippen LogP contribution in [-0.4, -0.2) is 25.4 Å². The van der Waals surface area contributed by atoms with E-state index in [2.05, 4.69) is 15.3 Å². The number of aryl methyl sites for hydroxylation is 1. The minimum absolute atomic E-state index is 0.0220. The van der Waals surface area contributed by atoms with Crippen LogP contribution in [0.15, 0.2) is 18.3 Å².